The molecular formula is C8H20Br2N2O. The maximum atomic E-state index is 5.01. The van der Waals surface area contributed by atoms with Crippen LogP contribution in [-0.4, -0.2) is 51.3 Å². The molecule has 0 unspecified atom stereocenters. The van der Waals surface area contributed by atoms with Crippen LogP contribution in [0.1, 0.15) is 6.42 Å². The predicted molar refractivity (Wildman–Crippen MR) is 66.4 cm³/mol. The van der Waals surface area contributed by atoms with Crippen LogP contribution in [0.3, 0.4) is 0 Å². The second-order valence-corrected chi connectivity index (χ2v) is 3.12. The molecule has 0 spiro atoms. The molecular weight excluding hydrogens is 300 g/mol. The molecule has 0 amide bonds. The Balaban J connectivity index is 0. The summed E-state index contributed by atoms with van der Waals surface area (Å²) in [4.78, 5) is 2.36. The van der Waals surface area contributed by atoms with Gasteiger partial charge in [0.25, 0.3) is 0 Å². The molecule has 0 aromatic heterocycles. The zero-order valence-corrected chi connectivity index (χ0v) is 11.7. The van der Waals surface area contributed by atoms with Crippen LogP contribution in [-0.2, 0) is 4.74 Å². The number of methoxy groups -OCH3 is 1. The van der Waals surface area contributed by atoms with Gasteiger partial charge < -0.3 is 10.1 Å². The zero-order valence-electron chi connectivity index (χ0n) is 8.28. The molecule has 0 aromatic carbocycles. The van der Waals surface area contributed by atoms with Crippen molar-refractivity contribution in [1.29, 1.82) is 0 Å². The summed E-state index contributed by atoms with van der Waals surface area (Å²) < 4.78 is 5.01. The van der Waals surface area contributed by atoms with Gasteiger partial charge in [0.1, 0.15) is 0 Å². The average molecular weight is 320 g/mol. The molecule has 0 radical (unpaired) electrons. The third-order valence-electron chi connectivity index (χ3n) is 2.31. The summed E-state index contributed by atoms with van der Waals surface area (Å²) in [6, 6.07) is 0.727. The number of halogens is 2. The van der Waals surface area contributed by atoms with E-state index in [9.17, 15) is 0 Å². The van der Waals surface area contributed by atoms with Crippen LogP contribution >= 0.6 is 34.0 Å². The van der Waals surface area contributed by atoms with E-state index >= 15 is 0 Å². The first-order chi connectivity index (χ1) is 5.34. The van der Waals surface area contributed by atoms with Gasteiger partial charge >= 0.3 is 0 Å². The van der Waals surface area contributed by atoms with Crippen molar-refractivity contribution in [3.63, 3.8) is 0 Å². The van der Waals surface area contributed by atoms with Crippen LogP contribution in [0.15, 0.2) is 0 Å². The molecule has 1 saturated heterocycles. The SMILES string of the molecule is Br.Br.COCCN(C)[C@H]1CCNC1. The van der Waals surface area contributed by atoms with Gasteiger partial charge in [-0.2, -0.15) is 0 Å². The fourth-order valence-electron chi connectivity index (χ4n) is 1.43. The van der Waals surface area contributed by atoms with Gasteiger partial charge in [-0.15, -0.1) is 34.0 Å². The summed E-state index contributed by atoms with van der Waals surface area (Å²) in [5.74, 6) is 0. The molecule has 0 aliphatic carbocycles. The Labute approximate surface area is 102 Å². The first-order valence-corrected chi connectivity index (χ1v) is 4.24. The van der Waals surface area contributed by atoms with Crippen molar-refractivity contribution in [2.45, 2.75) is 12.5 Å². The summed E-state index contributed by atoms with van der Waals surface area (Å²) >= 11 is 0. The van der Waals surface area contributed by atoms with Crippen molar-refractivity contribution in [3.05, 3.63) is 0 Å². The fourth-order valence-corrected chi connectivity index (χ4v) is 1.43. The smallest absolute Gasteiger partial charge is 0.0589 e. The van der Waals surface area contributed by atoms with Crippen molar-refractivity contribution in [3.8, 4) is 0 Å². The minimum atomic E-state index is 0. The van der Waals surface area contributed by atoms with Crippen LogP contribution in [0.5, 0.6) is 0 Å². The molecule has 1 N–H and O–H groups in total. The third-order valence-corrected chi connectivity index (χ3v) is 2.31. The molecule has 0 saturated carbocycles. The first-order valence-electron chi connectivity index (χ1n) is 4.24. The molecule has 5 heteroatoms. The number of ether oxygens (including phenoxy) is 1. The van der Waals surface area contributed by atoms with E-state index < -0.39 is 0 Å². The monoisotopic (exact) mass is 318 g/mol. The van der Waals surface area contributed by atoms with Crippen molar-refractivity contribution >= 4 is 34.0 Å². The quantitative estimate of drug-likeness (QED) is 0.839. The summed E-state index contributed by atoms with van der Waals surface area (Å²) in [5, 5.41) is 3.35. The van der Waals surface area contributed by atoms with E-state index in [0.717, 1.165) is 25.7 Å². The number of hydrogen-bond donors (Lipinski definition) is 1. The maximum Gasteiger partial charge on any atom is 0.0589 e. The van der Waals surface area contributed by atoms with Gasteiger partial charge in [0.2, 0.25) is 0 Å². The van der Waals surface area contributed by atoms with E-state index in [1.807, 2.05) is 0 Å². The number of nitrogens with zero attached hydrogens (tertiary/aromatic N) is 1. The van der Waals surface area contributed by atoms with Gasteiger partial charge in [0, 0.05) is 26.2 Å². The van der Waals surface area contributed by atoms with Gasteiger partial charge in [-0.1, -0.05) is 0 Å². The molecule has 3 nitrogen and oxygen atoms in total. The Morgan fingerprint density at radius 1 is 1.46 bits per heavy atom. The van der Waals surface area contributed by atoms with Crippen molar-refractivity contribution in [1.82, 2.24) is 10.2 Å². The lowest BCUT2D eigenvalue weighted by Gasteiger charge is -2.22. The van der Waals surface area contributed by atoms with E-state index in [4.69, 9.17) is 4.74 Å². The minimum Gasteiger partial charge on any atom is -0.383 e. The van der Waals surface area contributed by atoms with Crippen LogP contribution < -0.4 is 5.32 Å². The molecule has 1 fully saturated rings. The van der Waals surface area contributed by atoms with Crippen molar-refractivity contribution < 1.29 is 4.74 Å². The van der Waals surface area contributed by atoms with Gasteiger partial charge in [-0.3, -0.25) is 4.90 Å². The van der Waals surface area contributed by atoms with E-state index in [2.05, 4.69) is 17.3 Å². The van der Waals surface area contributed by atoms with Gasteiger partial charge in [-0.05, 0) is 20.0 Å². The van der Waals surface area contributed by atoms with Crippen LogP contribution in [0.2, 0.25) is 0 Å². The lowest BCUT2D eigenvalue weighted by molar-refractivity contribution is 0.143. The topological polar surface area (TPSA) is 24.5 Å². The molecule has 1 aliphatic heterocycles. The van der Waals surface area contributed by atoms with Gasteiger partial charge in [0.05, 0.1) is 6.61 Å². The normalized spacial score (nSPS) is 21.0. The molecule has 1 atom stereocenters. The Morgan fingerprint density at radius 2 is 2.15 bits per heavy atom. The molecule has 0 aromatic rings. The predicted octanol–water partition coefficient (Wildman–Crippen LogP) is 1.08. The van der Waals surface area contributed by atoms with Gasteiger partial charge in [0.15, 0.2) is 0 Å². The largest absolute Gasteiger partial charge is 0.383 e. The molecule has 1 rings (SSSR count). The fraction of sp³-hybridized carbons (Fsp3) is 1.00. The molecule has 1 aliphatic rings. The molecule has 82 valence electrons. The van der Waals surface area contributed by atoms with E-state index in [1.165, 1.54) is 13.0 Å². The first kappa shape index (κ1) is 16.3. The standard InChI is InChI=1S/C8H18N2O.2BrH/c1-10(5-6-11-2)8-3-4-9-7-8;;/h8-9H,3-7H2,1-2H3;2*1H/t8-;;/m0../s1. The lowest BCUT2D eigenvalue weighted by Crippen LogP contribution is -2.35. The van der Waals surface area contributed by atoms with Gasteiger partial charge in [-0.25, -0.2) is 0 Å². The summed E-state index contributed by atoms with van der Waals surface area (Å²) in [5.41, 5.74) is 0. The van der Waals surface area contributed by atoms with E-state index in [-0.39, 0.29) is 34.0 Å². The summed E-state index contributed by atoms with van der Waals surface area (Å²) in [6.07, 6.45) is 1.28. The van der Waals surface area contributed by atoms with Crippen LogP contribution in [0.4, 0.5) is 0 Å². The van der Waals surface area contributed by atoms with Crippen LogP contribution in [0.25, 0.3) is 0 Å². The summed E-state index contributed by atoms with van der Waals surface area (Å²) in [7, 11) is 3.91. The number of nitrogens with one attached hydrogen (secondary N) is 1. The number of rotatable bonds is 4. The lowest BCUT2D eigenvalue weighted by atomic mass is 10.2. The van der Waals surface area contributed by atoms with Crippen molar-refractivity contribution in [2.75, 3.05) is 40.4 Å². The Kier molecular flexibility index (Phi) is 11.8. The number of hydrogen-bond acceptors (Lipinski definition) is 3. The second-order valence-electron chi connectivity index (χ2n) is 3.12. The van der Waals surface area contributed by atoms with E-state index in [1.54, 1.807) is 7.11 Å². The average Bonchev–Trinajstić information content (AvgIpc) is 2.52. The van der Waals surface area contributed by atoms with Crippen molar-refractivity contribution in [2.24, 2.45) is 0 Å². The Bertz CT molecular complexity index is 110. The molecule has 0 bridgehead atoms. The zero-order chi connectivity index (χ0) is 8.10. The molecule has 13 heavy (non-hydrogen) atoms. The second kappa shape index (κ2) is 9.40. The number of likely N-dealkylation sites (N-methyl/N-ethyl adjacent to an activating group) is 1. The highest BCUT2D eigenvalue weighted by atomic mass is 79.9. The third kappa shape index (κ3) is 6.01. The highest BCUT2D eigenvalue weighted by Crippen LogP contribution is 2.04. The highest BCUT2D eigenvalue weighted by molar-refractivity contribution is 8.93. The van der Waals surface area contributed by atoms with Crippen LogP contribution in [0, 0.1) is 0 Å². The van der Waals surface area contributed by atoms with E-state index in [0.29, 0.717) is 0 Å². The minimum absolute atomic E-state index is 0. The Morgan fingerprint density at radius 3 is 2.62 bits per heavy atom. The highest BCUT2D eigenvalue weighted by Gasteiger charge is 2.17. The summed E-state index contributed by atoms with van der Waals surface area (Å²) in [6.45, 7) is 4.19. The maximum absolute atomic E-state index is 5.01. The Hall–Kier alpha value is 0.840. The molecule has 1 heterocycles.